The lowest BCUT2D eigenvalue weighted by molar-refractivity contribution is -0.125. The molecule has 29 heavy (non-hydrogen) atoms. The van der Waals surface area contributed by atoms with Gasteiger partial charge in [0, 0.05) is 5.54 Å². The van der Waals surface area contributed by atoms with Crippen LogP contribution in [-0.4, -0.2) is 33.6 Å². The summed E-state index contributed by atoms with van der Waals surface area (Å²) in [6, 6.07) is 13.6. The molecule has 3 aromatic rings. The molecule has 0 saturated heterocycles. The molecule has 2 aromatic carbocycles. The molecule has 0 atom stereocenters. The van der Waals surface area contributed by atoms with Crippen molar-refractivity contribution in [2.24, 2.45) is 0 Å². The number of esters is 1. The third-order valence-corrected chi connectivity index (χ3v) is 4.15. The number of nitrogens with one attached hydrogen (secondary N) is 1. The van der Waals surface area contributed by atoms with Gasteiger partial charge in [-0.2, -0.15) is 0 Å². The Kier molecular flexibility index (Phi) is 5.50. The van der Waals surface area contributed by atoms with Gasteiger partial charge in [0.1, 0.15) is 5.82 Å². The number of benzene rings is 2. The second-order valence-electron chi connectivity index (χ2n) is 7.74. The molecule has 7 nitrogen and oxygen atoms in total. The van der Waals surface area contributed by atoms with Crippen molar-refractivity contribution in [2.45, 2.75) is 33.2 Å². The molecule has 0 aliphatic heterocycles. The minimum absolute atomic E-state index is 0.178. The highest BCUT2D eigenvalue weighted by molar-refractivity contribution is 5.91. The Morgan fingerprint density at radius 2 is 1.72 bits per heavy atom. The number of rotatable bonds is 4. The number of hydrogen-bond acceptors (Lipinski definition) is 5. The monoisotopic (exact) mass is 393 g/mol. The van der Waals surface area contributed by atoms with E-state index in [0.29, 0.717) is 22.4 Å². The zero-order chi connectivity index (χ0) is 21.2. The van der Waals surface area contributed by atoms with E-state index in [1.165, 1.54) is 4.57 Å². The zero-order valence-electron chi connectivity index (χ0n) is 16.9. The first-order chi connectivity index (χ1) is 13.7. The Bertz CT molecular complexity index is 1130. The van der Waals surface area contributed by atoms with Crippen molar-refractivity contribution >= 4 is 22.8 Å². The van der Waals surface area contributed by atoms with Crippen molar-refractivity contribution < 1.29 is 14.3 Å². The summed E-state index contributed by atoms with van der Waals surface area (Å²) in [5, 5.41) is 3.24. The molecule has 1 heterocycles. The van der Waals surface area contributed by atoms with Crippen LogP contribution in [0.5, 0.6) is 0 Å². The summed E-state index contributed by atoms with van der Waals surface area (Å²) in [6.07, 6.45) is 0. The fraction of sp³-hybridized carbons (Fsp3) is 0.273. The number of carbonyl (C=O) groups excluding carboxylic acids is 2. The molecule has 0 radical (unpaired) electrons. The van der Waals surface area contributed by atoms with Crippen LogP contribution in [0.3, 0.4) is 0 Å². The summed E-state index contributed by atoms with van der Waals surface area (Å²) in [4.78, 5) is 41.3. The maximum Gasteiger partial charge on any atom is 0.338 e. The molecular weight excluding hydrogens is 370 g/mol. The van der Waals surface area contributed by atoms with Crippen molar-refractivity contribution in [1.29, 1.82) is 0 Å². The van der Waals surface area contributed by atoms with Gasteiger partial charge < -0.3 is 10.1 Å². The van der Waals surface area contributed by atoms with E-state index in [4.69, 9.17) is 4.74 Å². The van der Waals surface area contributed by atoms with Gasteiger partial charge in [-0.05, 0) is 64.1 Å². The smallest absolute Gasteiger partial charge is 0.338 e. The van der Waals surface area contributed by atoms with Gasteiger partial charge in [0.05, 0.1) is 22.2 Å². The number of hydrogen-bond donors (Lipinski definition) is 1. The Morgan fingerprint density at radius 1 is 1.07 bits per heavy atom. The Balaban J connectivity index is 1.79. The third-order valence-electron chi connectivity index (χ3n) is 4.15. The Labute approximate surface area is 168 Å². The quantitative estimate of drug-likeness (QED) is 0.689. The number of fused-ring (bicyclic) bond motifs is 1. The van der Waals surface area contributed by atoms with Gasteiger partial charge in [-0.15, -0.1) is 0 Å². The molecule has 0 aliphatic rings. The van der Waals surface area contributed by atoms with Gasteiger partial charge in [0.15, 0.2) is 6.61 Å². The lowest BCUT2D eigenvalue weighted by Crippen LogP contribution is -2.42. The maximum absolute atomic E-state index is 12.8. The lowest BCUT2D eigenvalue weighted by atomic mass is 10.1. The van der Waals surface area contributed by atoms with E-state index in [1.54, 1.807) is 49.4 Å². The van der Waals surface area contributed by atoms with Crippen LogP contribution in [-0.2, 0) is 9.53 Å². The molecule has 3 rings (SSSR count). The highest BCUT2D eigenvalue weighted by Gasteiger charge is 2.16. The van der Waals surface area contributed by atoms with Crippen LogP contribution in [0.4, 0.5) is 0 Å². The SMILES string of the molecule is Cc1nc2ccccc2c(=O)n1-c1ccc(C(=O)OCC(=O)NC(C)(C)C)cc1. The highest BCUT2D eigenvalue weighted by atomic mass is 16.5. The normalized spacial score (nSPS) is 11.3. The van der Waals surface area contributed by atoms with Crippen LogP contribution in [0.15, 0.2) is 53.3 Å². The molecule has 7 heteroatoms. The first-order valence-electron chi connectivity index (χ1n) is 9.23. The molecule has 1 aromatic heterocycles. The van der Waals surface area contributed by atoms with Gasteiger partial charge in [-0.25, -0.2) is 9.78 Å². The first kappa shape index (κ1) is 20.3. The van der Waals surface area contributed by atoms with Gasteiger partial charge in [0.25, 0.3) is 11.5 Å². The van der Waals surface area contributed by atoms with Crippen molar-refractivity contribution in [1.82, 2.24) is 14.9 Å². The van der Waals surface area contributed by atoms with Crippen LogP contribution >= 0.6 is 0 Å². The number of aryl methyl sites for hydroxylation is 1. The van der Waals surface area contributed by atoms with Crippen LogP contribution in [0, 0.1) is 6.92 Å². The Morgan fingerprint density at radius 3 is 2.38 bits per heavy atom. The van der Waals surface area contributed by atoms with Crippen molar-refractivity contribution in [2.75, 3.05) is 6.61 Å². The molecule has 0 bridgehead atoms. The Hall–Kier alpha value is -3.48. The predicted octanol–water partition coefficient (Wildman–Crippen LogP) is 2.77. The van der Waals surface area contributed by atoms with Crippen LogP contribution in [0.2, 0.25) is 0 Å². The second kappa shape index (κ2) is 7.87. The minimum atomic E-state index is -0.610. The number of carbonyl (C=O) groups is 2. The summed E-state index contributed by atoms with van der Waals surface area (Å²) in [6.45, 7) is 6.93. The number of amides is 1. The number of aromatic nitrogens is 2. The van der Waals surface area contributed by atoms with Gasteiger partial charge in [-0.3, -0.25) is 14.2 Å². The predicted molar refractivity (Wildman–Crippen MR) is 110 cm³/mol. The van der Waals surface area contributed by atoms with E-state index in [0.717, 1.165) is 0 Å². The molecular formula is C22H23N3O4. The molecule has 0 fully saturated rings. The average molecular weight is 393 g/mol. The van der Waals surface area contributed by atoms with E-state index in [9.17, 15) is 14.4 Å². The molecule has 0 aliphatic carbocycles. The summed E-state index contributed by atoms with van der Waals surface area (Å²) in [5.74, 6) is -0.434. The standard InChI is InChI=1S/C22H23N3O4/c1-14-23-18-8-6-5-7-17(18)20(27)25(14)16-11-9-15(10-12-16)21(28)29-13-19(26)24-22(2,3)4/h5-12H,13H2,1-4H3,(H,24,26). The number of para-hydroxylation sites is 1. The average Bonchev–Trinajstić information content (AvgIpc) is 2.65. The van der Waals surface area contributed by atoms with Crippen molar-refractivity contribution in [3.05, 3.63) is 70.3 Å². The molecule has 150 valence electrons. The molecule has 0 unspecified atom stereocenters. The van der Waals surface area contributed by atoms with Crippen molar-refractivity contribution in [3.8, 4) is 5.69 Å². The molecule has 0 saturated carbocycles. The van der Waals surface area contributed by atoms with Crippen LogP contribution in [0.1, 0.15) is 37.0 Å². The van der Waals surface area contributed by atoms with E-state index in [-0.39, 0.29) is 23.6 Å². The molecule has 0 spiro atoms. The van der Waals surface area contributed by atoms with Gasteiger partial charge in [-0.1, -0.05) is 12.1 Å². The van der Waals surface area contributed by atoms with Gasteiger partial charge in [0.2, 0.25) is 0 Å². The fourth-order valence-corrected chi connectivity index (χ4v) is 2.96. The maximum atomic E-state index is 12.8. The van der Waals surface area contributed by atoms with E-state index in [1.807, 2.05) is 26.8 Å². The van der Waals surface area contributed by atoms with Crippen LogP contribution in [0.25, 0.3) is 16.6 Å². The fourth-order valence-electron chi connectivity index (χ4n) is 2.96. The first-order valence-corrected chi connectivity index (χ1v) is 9.23. The summed E-state index contributed by atoms with van der Waals surface area (Å²) in [5.41, 5.74) is 0.941. The largest absolute Gasteiger partial charge is 0.452 e. The second-order valence-corrected chi connectivity index (χ2v) is 7.74. The third kappa shape index (κ3) is 4.68. The van der Waals surface area contributed by atoms with E-state index < -0.39 is 11.5 Å². The lowest BCUT2D eigenvalue weighted by Gasteiger charge is -2.20. The summed E-state index contributed by atoms with van der Waals surface area (Å²) >= 11 is 0. The topological polar surface area (TPSA) is 90.3 Å². The summed E-state index contributed by atoms with van der Waals surface area (Å²) in [7, 11) is 0. The molecule has 1 N–H and O–H groups in total. The molecule has 1 amide bonds. The number of ether oxygens (including phenoxy) is 1. The zero-order valence-corrected chi connectivity index (χ0v) is 16.9. The van der Waals surface area contributed by atoms with Crippen LogP contribution < -0.4 is 10.9 Å². The highest BCUT2D eigenvalue weighted by Crippen LogP contribution is 2.14. The number of nitrogens with zero attached hydrogens (tertiary/aromatic N) is 2. The van der Waals surface area contributed by atoms with Crippen molar-refractivity contribution in [3.63, 3.8) is 0 Å². The van der Waals surface area contributed by atoms with E-state index >= 15 is 0 Å². The summed E-state index contributed by atoms with van der Waals surface area (Å²) < 4.78 is 6.55. The van der Waals surface area contributed by atoms with E-state index in [2.05, 4.69) is 10.3 Å². The minimum Gasteiger partial charge on any atom is -0.452 e. The van der Waals surface area contributed by atoms with Gasteiger partial charge >= 0.3 is 5.97 Å².